The predicted octanol–water partition coefficient (Wildman–Crippen LogP) is 2.98. The largest absolute Gasteiger partial charge is 0.342 e. The molecule has 0 bridgehead atoms. The van der Waals surface area contributed by atoms with Crippen LogP contribution in [0, 0.1) is 5.82 Å². The van der Waals surface area contributed by atoms with Gasteiger partial charge in [-0.1, -0.05) is 12.1 Å². The monoisotopic (exact) mass is 393 g/mol. The molecule has 6 nitrogen and oxygen atoms in total. The van der Waals surface area contributed by atoms with Crippen molar-refractivity contribution in [3.05, 3.63) is 87.9 Å². The zero-order valence-electron chi connectivity index (χ0n) is 16.1. The van der Waals surface area contributed by atoms with Crippen molar-refractivity contribution in [3.63, 3.8) is 0 Å². The summed E-state index contributed by atoms with van der Waals surface area (Å²) in [6.45, 7) is 2.45. The lowest BCUT2D eigenvalue weighted by atomic mass is 10.0. The Bertz CT molecular complexity index is 984. The molecule has 0 radical (unpaired) electrons. The van der Waals surface area contributed by atoms with E-state index in [0.717, 1.165) is 37.1 Å². The lowest BCUT2D eigenvalue weighted by molar-refractivity contribution is 0.522. The molecule has 0 amide bonds. The standard InChI is InChI=1S/C22H24FN5O/c23-18-5-3-17(4-6-18)20(25-15-16-7-9-24-10-8-16)13-19-14-21(29)27-22(26-19)28-11-1-2-12-28/h3-10,14,20,25H,1-2,11-13,15H2,(H,26,27,29). The predicted molar refractivity (Wildman–Crippen MR) is 110 cm³/mol. The second kappa shape index (κ2) is 8.96. The number of pyridine rings is 1. The Balaban J connectivity index is 1.57. The smallest absolute Gasteiger partial charge is 0.252 e. The number of rotatable bonds is 7. The van der Waals surface area contributed by atoms with Gasteiger partial charge in [-0.25, -0.2) is 9.37 Å². The molecule has 150 valence electrons. The van der Waals surface area contributed by atoms with E-state index in [0.29, 0.717) is 24.6 Å². The first kappa shape index (κ1) is 19.3. The van der Waals surface area contributed by atoms with E-state index < -0.39 is 0 Å². The summed E-state index contributed by atoms with van der Waals surface area (Å²) in [4.78, 5) is 25.9. The van der Waals surface area contributed by atoms with Gasteiger partial charge >= 0.3 is 0 Å². The molecule has 0 saturated carbocycles. The quantitative estimate of drug-likeness (QED) is 0.646. The molecule has 1 saturated heterocycles. The van der Waals surface area contributed by atoms with Gasteiger partial charge in [-0.05, 0) is 48.2 Å². The maximum atomic E-state index is 13.4. The number of hydrogen-bond acceptors (Lipinski definition) is 5. The molecular formula is C22H24FN5O. The number of anilines is 1. The fourth-order valence-electron chi connectivity index (χ4n) is 3.63. The first-order chi connectivity index (χ1) is 14.2. The number of halogens is 1. The molecule has 1 aromatic carbocycles. The van der Waals surface area contributed by atoms with E-state index in [2.05, 4.69) is 20.2 Å². The topological polar surface area (TPSA) is 73.9 Å². The summed E-state index contributed by atoms with van der Waals surface area (Å²) in [7, 11) is 0. The molecular weight excluding hydrogens is 369 g/mol. The average molecular weight is 393 g/mol. The van der Waals surface area contributed by atoms with Crippen LogP contribution < -0.4 is 15.8 Å². The van der Waals surface area contributed by atoms with E-state index in [-0.39, 0.29) is 17.4 Å². The van der Waals surface area contributed by atoms with Crippen LogP contribution in [-0.2, 0) is 13.0 Å². The van der Waals surface area contributed by atoms with E-state index in [1.54, 1.807) is 30.6 Å². The molecule has 0 aliphatic carbocycles. The molecule has 4 rings (SSSR count). The molecule has 1 aliphatic heterocycles. The van der Waals surface area contributed by atoms with Crippen molar-refractivity contribution in [1.29, 1.82) is 0 Å². The molecule has 1 atom stereocenters. The first-order valence-corrected chi connectivity index (χ1v) is 9.90. The summed E-state index contributed by atoms with van der Waals surface area (Å²) in [6, 6.07) is 11.8. The molecule has 1 aliphatic rings. The minimum absolute atomic E-state index is 0.107. The lowest BCUT2D eigenvalue weighted by Crippen LogP contribution is -2.27. The Hall–Kier alpha value is -3.06. The van der Waals surface area contributed by atoms with Gasteiger partial charge in [0.25, 0.3) is 5.56 Å². The maximum absolute atomic E-state index is 13.4. The highest BCUT2D eigenvalue weighted by Crippen LogP contribution is 2.20. The van der Waals surface area contributed by atoms with Gasteiger partial charge in [0.1, 0.15) is 5.82 Å². The second-order valence-electron chi connectivity index (χ2n) is 7.30. The summed E-state index contributed by atoms with van der Waals surface area (Å²) in [5.74, 6) is 0.365. The first-order valence-electron chi connectivity index (χ1n) is 9.90. The van der Waals surface area contributed by atoms with Gasteiger partial charge in [0, 0.05) is 50.6 Å². The fraction of sp³-hybridized carbons (Fsp3) is 0.318. The van der Waals surface area contributed by atoms with Crippen LogP contribution in [0.1, 0.15) is 35.7 Å². The van der Waals surface area contributed by atoms with Crippen molar-refractivity contribution in [1.82, 2.24) is 20.3 Å². The summed E-state index contributed by atoms with van der Waals surface area (Å²) < 4.78 is 13.4. The number of aromatic amines is 1. The Morgan fingerprint density at radius 2 is 1.83 bits per heavy atom. The molecule has 7 heteroatoms. The van der Waals surface area contributed by atoms with Crippen molar-refractivity contribution >= 4 is 5.95 Å². The van der Waals surface area contributed by atoms with E-state index in [1.807, 2.05) is 12.1 Å². The van der Waals surface area contributed by atoms with Gasteiger partial charge < -0.3 is 10.2 Å². The Kier molecular flexibility index (Phi) is 5.95. The fourth-order valence-corrected chi connectivity index (χ4v) is 3.63. The Labute approximate surface area is 168 Å². The third kappa shape index (κ3) is 5.06. The van der Waals surface area contributed by atoms with Crippen LogP contribution in [0.5, 0.6) is 0 Å². The van der Waals surface area contributed by atoms with Crippen LogP contribution in [0.25, 0.3) is 0 Å². The van der Waals surface area contributed by atoms with E-state index in [9.17, 15) is 9.18 Å². The summed E-state index contributed by atoms with van der Waals surface area (Å²) in [5.41, 5.74) is 2.62. The molecule has 3 aromatic rings. The van der Waals surface area contributed by atoms with Gasteiger partial charge in [-0.15, -0.1) is 0 Å². The summed E-state index contributed by atoms with van der Waals surface area (Å²) in [5, 5.41) is 3.51. The number of nitrogens with one attached hydrogen (secondary N) is 2. The van der Waals surface area contributed by atoms with Crippen molar-refractivity contribution < 1.29 is 4.39 Å². The third-order valence-electron chi connectivity index (χ3n) is 5.18. The molecule has 1 fully saturated rings. The van der Waals surface area contributed by atoms with Gasteiger partial charge in [0.15, 0.2) is 0 Å². The van der Waals surface area contributed by atoms with Gasteiger partial charge in [0.2, 0.25) is 5.95 Å². The minimum Gasteiger partial charge on any atom is -0.342 e. The maximum Gasteiger partial charge on any atom is 0.252 e. The normalized spacial score (nSPS) is 14.9. The molecule has 29 heavy (non-hydrogen) atoms. The number of H-pyrrole nitrogens is 1. The number of hydrogen-bond donors (Lipinski definition) is 2. The van der Waals surface area contributed by atoms with Gasteiger partial charge in [0.05, 0.1) is 5.69 Å². The molecule has 0 spiro atoms. The highest BCUT2D eigenvalue weighted by atomic mass is 19.1. The van der Waals surface area contributed by atoms with Crippen LogP contribution in [0.4, 0.5) is 10.3 Å². The van der Waals surface area contributed by atoms with Crippen molar-refractivity contribution in [2.24, 2.45) is 0 Å². The Morgan fingerprint density at radius 3 is 2.55 bits per heavy atom. The van der Waals surface area contributed by atoms with Crippen LogP contribution in [0.2, 0.25) is 0 Å². The van der Waals surface area contributed by atoms with Crippen LogP contribution in [0.3, 0.4) is 0 Å². The molecule has 1 unspecified atom stereocenters. The molecule has 2 N–H and O–H groups in total. The second-order valence-corrected chi connectivity index (χ2v) is 7.30. The zero-order valence-corrected chi connectivity index (χ0v) is 16.1. The SMILES string of the molecule is O=c1cc(CC(NCc2ccncc2)c2ccc(F)cc2)nc(N2CCCC2)[nH]1. The number of aromatic nitrogens is 3. The molecule has 2 aromatic heterocycles. The van der Waals surface area contributed by atoms with Crippen LogP contribution >= 0.6 is 0 Å². The number of nitrogens with zero attached hydrogens (tertiary/aromatic N) is 3. The minimum atomic E-state index is -0.271. The van der Waals surface area contributed by atoms with E-state index in [1.165, 1.54) is 12.1 Å². The Morgan fingerprint density at radius 1 is 1.10 bits per heavy atom. The van der Waals surface area contributed by atoms with Crippen molar-refractivity contribution in [3.8, 4) is 0 Å². The average Bonchev–Trinajstić information content (AvgIpc) is 3.27. The van der Waals surface area contributed by atoms with Crippen LogP contribution in [-0.4, -0.2) is 28.0 Å². The van der Waals surface area contributed by atoms with Gasteiger partial charge in [-0.2, -0.15) is 0 Å². The lowest BCUT2D eigenvalue weighted by Gasteiger charge is -2.21. The zero-order chi connectivity index (χ0) is 20.1. The number of benzene rings is 1. The summed E-state index contributed by atoms with van der Waals surface area (Å²) in [6.07, 6.45) is 6.26. The third-order valence-corrected chi connectivity index (χ3v) is 5.18. The van der Waals surface area contributed by atoms with E-state index >= 15 is 0 Å². The van der Waals surface area contributed by atoms with E-state index in [4.69, 9.17) is 4.98 Å². The highest BCUT2D eigenvalue weighted by molar-refractivity contribution is 5.32. The molecule has 3 heterocycles. The van der Waals surface area contributed by atoms with Crippen molar-refractivity contribution in [2.45, 2.75) is 31.8 Å². The van der Waals surface area contributed by atoms with Gasteiger partial charge in [-0.3, -0.25) is 14.8 Å². The van der Waals surface area contributed by atoms with Crippen molar-refractivity contribution in [2.75, 3.05) is 18.0 Å². The van der Waals surface area contributed by atoms with Crippen LogP contribution in [0.15, 0.2) is 59.7 Å². The highest BCUT2D eigenvalue weighted by Gasteiger charge is 2.18. The summed E-state index contributed by atoms with van der Waals surface area (Å²) >= 11 is 0.